The molecule has 0 saturated carbocycles. The summed E-state index contributed by atoms with van der Waals surface area (Å²) in [6, 6.07) is 11.3. The molecule has 4 aromatic carbocycles. The molecule has 0 aromatic heterocycles. The molecule has 0 unspecified atom stereocenters. The van der Waals surface area contributed by atoms with Crippen LogP contribution in [0.1, 0.15) is 31.8 Å². The smallest absolute Gasteiger partial charge is 0.416 e. The fraction of sp³-hybridized carbons (Fsp3) is 0.172. The van der Waals surface area contributed by atoms with Gasteiger partial charge in [0.25, 0.3) is 0 Å². The van der Waals surface area contributed by atoms with Crippen LogP contribution in [-0.2, 0) is 10.9 Å². The predicted octanol–water partition coefficient (Wildman–Crippen LogP) is 5.99. The monoisotopic (exact) mass is 554 g/mol. The van der Waals surface area contributed by atoms with Crippen molar-refractivity contribution in [2.24, 2.45) is 0 Å². The summed E-state index contributed by atoms with van der Waals surface area (Å²) in [5.41, 5.74) is -1.32. The lowest BCUT2D eigenvalue weighted by Gasteiger charge is -2.20. The van der Waals surface area contributed by atoms with Crippen LogP contribution in [-0.4, -0.2) is 45.0 Å². The molecule has 0 amide bonds. The van der Waals surface area contributed by atoms with Crippen molar-refractivity contribution in [1.29, 1.82) is 0 Å². The van der Waals surface area contributed by atoms with Crippen molar-refractivity contribution in [2.75, 3.05) is 28.1 Å². The van der Waals surface area contributed by atoms with Gasteiger partial charge < -0.3 is 28.8 Å². The van der Waals surface area contributed by atoms with E-state index in [2.05, 4.69) is 0 Å². The number of carbonyl (C=O) groups is 2. The second-order valence-electron chi connectivity index (χ2n) is 8.69. The van der Waals surface area contributed by atoms with Crippen LogP contribution >= 0.6 is 0 Å². The van der Waals surface area contributed by atoms with Crippen molar-refractivity contribution in [3.8, 4) is 39.9 Å². The summed E-state index contributed by atoms with van der Waals surface area (Å²) >= 11 is 0. The molecule has 206 valence electrons. The number of alkyl halides is 3. The standard InChI is InChI=1S/C29H21F3O8/c1-36-19-9-6-15(10-20(19)37-2)23-17-11-21-22(40-13-39-21)12-18(17)27(34)25(24(23)28(35)38-3)26(33)14-4-7-16(8-5-14)29(30,31)32/h4-12,34H,13H2,1-3H3. The SMILES string of the molecule is COC(=O)c1c(C(=O)c2ccc(C(F)(F)F)cc2)c(O)c2cc3c(cc2c1-c1ccc(OC)c(OC)c1)OCO3. The highest BCUT2D eigenvalue weighted by Crippen LogP contribution is 2.48. The molecule has 8 nitrogen and oxygen atoms in total. The summed E-state index contributed by atoms with van der Waals surface area (Å²) in [5.74, 6) is -1.10. The molecule has 1 heterocycles. The third-order valence-electron chi connectivity index (χ3n) is 6.54. The number of fused-ring (bicyclic) bond motifs is 2. The Labute approximate surface area is 225 Å². The van der Waals surface area contributed by atoms with Gasteiger partial charge in [-0.15, -0.1) is 0 Å². The molecule has 40 heavy (non-hydrogen) atoms. The molecule has 11 heteroatoms. The number of benzene rings is 4. The van der Waals surface area contributed by atoms with Crippen molar-refractivity contribution in [2.45, 2.75) is 6.18 Å². The van der Waals surface area contributed by atoms with Gasteiger partial charge in [0, 0.05) is 16.5 Å². The van der Waals surface area contributed by atoms with Crippen LogP contribution in [0.5, 0.6) is 28.7 Å². The number of rotatable bonds is 6. The Hall–Kier alpha value is -4.93. The molecular formula is C29H21F3O8. The number of phenols is 1. The zero-order chi connectivity index (χ0) is 28.8. The van der Waals surface area contributed by atoms with Gasteiger partial charge in [0.2, 0.25) is 6.79 Å². The highest BCUT2D eigenvalue weighted by molar-refractivity contribution is 6.23. The normalized spacial score (nSPS) is 12.3. The number of hydrogen-bond acceptors (Lipinski definition) is 8. The molecule has 0 atom stereocenters. The molecule has 0 saturated heterocycles. The molecular weight excluding hydrogens is 533 g/mol. The van der Waals surface area contributed by atoms with E-state index in [0.717, 1.165) is 31.4 Å². The van der Waals surface area contributed by atoms with Crippen LogP contribution in [0.2, 0.25) is 0 Å². The van der Waals surface area contributed by atoms with Crippen LogP contribution in [0.3, 0.4) is 0 Å². The van der Waals surface area contributed by atoms with Gasteiger partial charge in [-0.05, 0) is 47.3 Å². The van der Waals surface area contributed by atoms with Crippen LogP contribution < -0.4 is 18.9 Å². The van der Waals surface area contributed by atoms with E-state index in [9.17, 15) is 27.9 Å². The third-order valence-corrected chi connectivity index (χ3v) is 6.54. The van der Waals surface area contributed by atoms with Gasteiger partial charge in [-0.1, -0.05) is 18.2 Å². The number of ketones is 1. The first-order valence-electron chi connectivity index (χ1n) is 11.7. The van der Waals surface area contributed by atoms with E-state index in [1.54, 1.807) is 24.3 Å². The van der Waals surface area contributed by atoms with Crippen LogP contribution in [0.25, 0.3) is 21.9 Å². The molecule has 4 aromatic rings. The van der Waals surface area contributed by atoms with Crippen LogP contribution in [0.4, 0.5) is 13.2 Å². The van der Waals surface area contributed by atoms with Crippen LogP contribution in [0, 0.1) is 0 Å². The number of halogens is 3. The predicted molar refractivity (Wildman–Crippen MR) is 136 cm³/mol. The molecule has 1 aliphatic rings. The number of methoxy groups -OCH3 is 3. The molecule has 0 bridgehead atoms. The fourth-order valence-electron chi connectivity index (χ4n) is 4.63. The summed E-state index contributed by atoms with van der Waals surface area (Å²) in [6.45, 7) is -0.0840. The van der Waals surface area contributed by atoms with Crippen molar-refractivity contribution in [3.63, 3.8) is 0 Å². The first kappa shape index (κ1) is 26.7. The second kappa shape index (κ2) is 9.99. The number of phenolic OH excluding ortho intramolecular Hbond substituents is 1. The quantitative estimate of drug-likeness (QED) is 0.229. The van der Waals surface area contributed by atoms with Gasteiger partial charge in [0.1, 0.15) is 5.75 Å². The highest BCUT2D eigenvalue weighted by atomic mass is 19.4. The van der Waals surface area contributed by atoms with E-state index in [-0.39, 0.29) is 28.9 Å². The minimum Gasteiger partial charge on any atom is -0.506 e. The lowest BCUT2D eigenvalue weighted by Crippen LogP contribution is -2.15. The third kappa shape index (κ3) is 4.39. The molecule has 0 spiro atoms. The number of hydrogen-bond donors (Lipinski definition) is 1. The van der Waals surface area contributed by atoms with Gasteiger partial charge in [0.05, 0.1) is 38.0 Å². The zero-order valence-corrected chi connectivity index (χ0v) is 21.3. The van der Waals surface area contributed by atoms with Gasteiger partial charge in [-0.3, -0.25) is 4.79 Å². The molecule has 1 aliphatic heterocycles. The maximum absolute atomic E-state index is 13.8. The Morgan fingerprint density at radius 3 is 2.02 bits per heavy atom. The minimum absolute atomic E-state index is 0.0840. The van der Waals surface area contributed by atoms with Gasteiger partial charge in [0.15, 0.2) is 28.8 Å². The molecule has 5 rings (SSSR count). The largest absolute Gasteiger partial charge is 0.506 e. The summed E-state index contributed by atoms with van der Waals surface area (Å²) < 4.78 is 66.1. The second-order valence-corrected chi connectivity index (χ2v) is 8.69. The Kier molecular flexibility index (Phi) is 6.66. The average Bonchev–Trinajstić information content (AvgIpc) is 3.42. The molecule has 0 fully saturated rings. The van der Waals surface area contributed by atoms with Crippen molar-refractivity contribution >= 4 is 22.5 Å². The summed E-state index contributed by atoms with van der Waals surface area (Å²) in [6.07, 6.45) is -4.62. The van der Waals surface area contributed by atoms with Crippen LogP contribution in [0.15, 0.2) is 54.6 Å². The Balaban J connectivity index is 1.87. The Morgan fingerprint density at radius 1 is 0.825 bits per heavy atom. The average molecular weight is 554 g/mol. The van der Waals surface area contributed by atoms with E-state index in [4.69, 9.17) is 23.7 Å². The fourth-order valence-corrected chi connectivity index (χ4v) is 4.63. The topological polar surface area (TPSA) is 101 Å². The summed E-state index contributed by atoms with van der Waals surface area (Å²) in [5, 5.41) is 11.9. The molecule has 0 aliphatic carbocycles. The van der Waals surface area contributed by atoms with E-state index in [1.165, 1.54) is 20.3 Å². The summed E-state index contributed by atoms with van der Waals surface area (Å²) in [4.78, 5) is 27.1. The van der Waals surface area contributed by atoms with E-state index >= 15 is 0 Å². The van der Waals surface area contributed by atoms with Crippen molar-refractivity contribution < 1.29 is 51.6 Å². The van der Waals surface area contributed by atoms with E-state index < -0.39 is 34.8 Å². The number of ether oxygens (including phenoxy) is 5. The number of carbonyl (C=O) groups excluding carboxylic acids is 2. The van der Waals surface area contributed by atoms with Gasteiger partial charge >= 0.3 is 12.1 Å². The van der Waals surface area contributed by atoms with E-state index in [1.807, 2.05) is 0 Å². The van der Waals surface area contributed by atoms with Crippen molar-refractivity contribution in [3.05, 3.63) is 76.9 Å². The zero-order valence-electron chi connectivity index (χ0n) is 21.3. The first-order valence-corrected chi connectivity index (χ1v) is 11.7. The first-order chi connectivity index (χ1) is 19.1. The van der Waals surface area contributed by atoms with Gasteiger partial charge in [-0.2, -0.15) is 13.2 Å². The van der Waals surface area contributed by atoms with Crippen molar-refractivity contribution in [1.82, 2.24) is 0 Å². The Bertz CT molecular complexity index is 1660. The number of aromatic hydroxyl groups is 1. The van der Waals surface area contributed by atoms with E-state index in [0.29, 0.717) is 33.9 Å². The van der Waals surface area contributed by atoms with Gasteiger partial charge in [-0.25, -0.2) is 4.79 Å². The maximum Gasteiger partial charge on any atom is 0.416 e. The molecule has 0 radical (unpaired) electrons. The lowest BCUT2D eigenvalue weighted by molar-refractivity contribution is -0.137. The lowest BCUT2D eigenvalue weighted by atomic mass is 9.85. The highest BCUT2D eigenvalue weighted by Gasteiger charge is 2.33. The number of esters is 1. The summed E-state index contributed by atoms with van der Waals surface area (Å²) in [7, 11) is 3.98. The molecule has 1 N–H and O–H groups in total. The Morgan fingerprint density at radius 2 is 1.45 bits per heavy atom. The minimum atomic E-state index is -4.62. The maximum atomic E-state index is 13.8.